The Morgan fingerprint density at radius 3 is 2.57 bits per heavy atom. The van der Waals surface area contributed by atoms with Crippen molar-refractivity contribution in [2.45, 2.75) is 33.1 Å². The van der Waals surface area contributed by atoms with E-state index in [1.54, 1.807) is 49.6 Å². The first-order valence-corrected chi connectivity index (χ1v) is 11.6. The summed E-state index contributed by atoms with van der Waals surface area (Å²) in [5.41, 5.74) is 9.11. The van der Waals surface area contributed by atoms with E-state index in [1.807, 2.05) is 12.1 Å². The molecule has 1 amide bonds. The number of fused-ring (bicyclic) bond motifs is 1. The fourth-order valence-electron chi connectivity index (χ4n) is 4.15. The molecule has 0 spiro atoms. The van der Waals surface area contributed by atoms with Gasteiger partial charge >= 0.3 is 5.97 Å². The molecule has 0 atom stereocenters. The maximum Gasteiger partial charge on any atom is 0.307 e. The molecule has 8 nitrogen and oxygen atoms in total. The molecule has 9 heteroatoms. The summed E-state index contributed by atoms with van der Waals surface area (Å²) < 4.78 is 32.5. The predicted octanol–water partition coefficient (Wildman–Crippen LogP) is 5.01. The first-order chi connectivity index (χ1) is 17.8. The highest BCUT2D eigenvalue weighted by molar-refractivity contribution is 5.94. The topological polar surface area (TPSA) is 124 Å². The predicted molar refractivity (Wildman–Crippen MR) is 137 cm³/mol. The molecule has 37 heavy (non-hydrogen) atoms. The van der Waals surface area contributed by atoms with E-state index in [1.165, 1.54) is 6.92 Å². The maximum absolute atomic E-state index is 15.3. The molecular weight excluding hydrogens is 479 g/mol. The third-order valence-electron chi connectivity index (χ3n) is 5.73. The van der Waals surface area contributed by atoms with E-state index in [2.05, 4.69) is 5.32 Å². The second-order valence-corrected chi connectivity index (χ2v) is 8.55. The summed E-state index contributed by atoms with van der Waals surface area (Å²) in [6.07, 6.45) is -0.251. The van der Waals surface area contributed by atoms with Gasteiger partial charge in [-0.15, -0.1) is 0 Å². The molecule has 0 aliphatic rings. The molecule has 1 heterocycles. The summed E-state index contributed by atoms with van der Waals surface area (Å²) in [5.74, 6) is -0.806. The Hall–Kier alpha value is -4.21. The molecule has 0 unspecified atom stereocenters. The molecule has 192 valence electrons. The van der Waals surface area contributed by atoms with Crippen LogP contribution in [0.1, 0.15) is 29.4 Å². The second kappa shape index (κ2) is 11.2. The number of nitrogens with one attached hydrogen (secondary N) is 1. The lowest BCUT2D eigenvalue weighted by Crippen LogP contribution is -2.08. The number of hydrogen-bond acceptors (Lipinski definition) is 6. The molecule has 0 aliphatic carbocycles. The Morgan fingerprint density at radius 2 is 1.86 bits per heavy atom. The van der Waals surface area contributed by atoms with Gasteiger partial charge in [-0.05, 0) is 29.8 Å². The molecule has 0 saturated carbocycles. The van der Waals surface area contributed by atoms with Crippen LogP contribution < -0.4 is 15.8 Å². The standard InChI is InChI=1S/C28H27FN2O6/c1-16(32)31-21-7-6-18(11-26(33)34)25(12-21)36-14-17-8-20-10-22(15-35-2)37-28(20)24(9-17)23-5-3-4-19(13-30)27(23)29/h3-10,12H,11,13-15,30H2,1-2H3,(H,31,32)(H,33,34). The fourth-order valence-corrected chi connectivity index (χ4v) is 4.15. The highest BCUT2D eigenvalue weighted by Crippen LogP contribution is 2.35. The van der Waals surface area contributed by atoms with Gasteiger partial charge in [0.2, 0.25) is 5.91 Å². The number of amides is 1. The van der Waals surface area contributed by atoms with E-state index in [4.69, 9.17) is 19.6 Å². The monoisotopic (exact) mass is 506 g/mol. The van der Waals surface area contributed by atoms with Crippen LogP contribution in [0.25, 0.3) is 22.1 Å². The number of methoxy groups -OCH3 is 1. The van der Waals surface area contributed by atoms with Gasteiger partial charge in [0.1, 0.15) is 36.1 Å². The van der Waals surface area contributed by atoms with Crippen LogP contribution in [0.4, 0.5) is 10.1 Å². The number of ether oxygens (including phenoxy) is 2. The van der Waals surface area contributed by atoms with Crippen LogP contribution in [0.2, 0.25) is 0 Å². The van der Waals surface area contributed by atoms with E-state index in [9.17, 15) is 14.7 Å². The number of aliphatic carboxylic acids is 1. The van der Waals surface area contributed by atoms with E-state index >= 15 is 4.39 Å². The summed E-state index contributed by atoms with van der Waals surface area (Å²) in [4.78, 5) is 22.8. The van der Waals surface area contributed by atoms with Gasteiger partial charge in [0.15, 0.2) is 0 Å². The average Bonchev–Trinajstić information content (AvgIpc) is 3.26. The minimum atomic E-state index is -1.01. The van der Waals surface area contributed by atoms with Crippen LogP contribution >= 0.6 is 0 Å². The zero-order valence-corrected chi connectivity index (χ0v) is 20.5. The molecule has 4 rings (SSSR count). The Kier molecular flexibility index (Phi) is 7.86. The number of anilines is 1. The number of halogens is 1. The number of furan rings is 1. The smallest absolute Gasteiger partial charge is 0.307 e. The second-order valence-electron chi connectivity index (χ2n) is 8.55. The Morgan fingerprint density at radius 1 is 1.05 bits per heavy atom. The third kappa shape index (κ3) is 5.96. The summed E-state index contributed by atoms with van der Waals surface area (Å²) in [6, 6.07) is 15.3. The van der Waals surface area contributed by atoms with Crippen molar-refractivity contribution in [3.05, 3.63) is 82.9 Å². The van der Waals surface area contributed by atoms with Crippen molar-refractivity contribution >= 4 is 28.5 Å². The molecule has 1 aromatic heterocycles. The number of nitrogens with two attached hydrogens (primary N) is 1. The summed E-state index contributed by atoms with van der Waals surface area (Å²) in [7, 11) is 1.56. The van der Waals surface area contributed by atoms with Gasteiger partial charge in [-0.3, -0.25) is 9.59 Å². The van der Waals surface area contributed by atoms with E-state index in [0.29, 0.717) is 50.6 Å². The van der Waals surface area contributed by atoms with Crippen molar-refractivity contribution in [2.24, 2.45) is 5.73 Å². The zero-order valence-electron chi connectivity index (χ0n) is 20.5. The zero-order chi connectivity index (χ0) is 26.5. The molecule has 0 bridgehead atoms. The van der Waals surface area contributed by atoms with Gasteiger partial charge in [0, 0.05) is 60.0 Å². The van der Waals surface area contributed by atoms with E-state index in [-0.39, 0.29) is 32.1 Å². The summed E-state index contributed by atoms with van der Waals surface area (Å²) in [5, 5.41) is 12.7. The number of carbonyl (C=O) groups is 2. The van der Waals surface area contributed by atoms with Crippen molar-refractivity contribution < 1.29 is 33.0 Å². The Balaban J connectivity index is 1.75. The molecule has 4 N–H and O–H groups in total. The van der Waals surface area contributed by atoms with Crippen molar-refractivity contribution in [1.29, 1.82) is 0 Å². The number of carboxylic acid groups (broad SMARTS) is 1. The van der Waals surface area contributed by atoms with Gasteiger partial charge in [-0.1, -0.05) is 24.3 Å². The van der Waals surface area contributed by atoms with Crippen LogP contribution in [0, 0.1) is 5.82 Å². The van der Waals surface area contributed by atoms with Crippen molar-refractivity contribution in [1.82, 2.24) is 0 Å². The largest absolute Gasteiger partial charge is 0.489 e. The lowest BCUT2D eigenvalue weighted by Gasteiger charge is -2.14. The van der Waals surface area contributed by atoms with Crippen molar-refractivity contribution in [3.63, 3.8) is 0 Å². The van der Waals surface area contributed by atoms with Crippen LogP contribution in [-0.4, -0.2) is 24.1 Å². The van der Waals surface area contributed by atoms with Crippen LogP contribution in [0.15, 0.2) is 59.0 Å². The maximum atomic E-state index is 15.3. The van der Waals surface area contributed by atoms with Gasteiger partial charge < -0.3 is 30.0 Å². The molecule has 0 saturated heterocycles. The minimum absolute atomic E-state index is 0.0513. The van der Waals surface area contributed by atoms with Crippen molar-refractivity contribution in [2.75, 3.05) is 12.4 Å². The molecular formula is C28H27FN2O6. The number of benzene rings is 3. The highest BCUT2D eigenvalue weighted by Gasteiger charge is 2.18. The lowest BCUT2D eigenvalue weighted by atomic mass is 9.98. The molecule has 4 aromatic rings. The summed E-state index contributed by atoms with van der Waals surface area (Å²) >= 11 is 0. The summed E-state index contributed by atoms with van der Waals surface area (Å²) in [6.45, 7) is 1.74. The van der Waals surface area contributed by atoms with Crippen LogP contribution in [-0.2, 0) is 40.5 Å². The number of carbonyl (C=O) groups excluding carboxylic acids is 1. The number of rotatable bonds is 10. The number of carboxylic acids is 1. The fraction of sp³-hybridized carbons (Fsp3) is 0.214. The van der Waals surface area contributed by atoms with Gasteiger partial charge in [0.05, 0.1) is 6.42 Å². The van der Waals surface area contributed by atoms with E-state index in [0.717, 1.165) is 5.39 Å². The normalized spacial score (nSPS) is 11.0. The van der Waals surface area contributed by atoms with Crippen LogP contribution in [0.5, 0.6) is 5.75 Å². The van der Waals surface area contributed by atoms with E-state index < -0.39 is 11.8 Å². The molecule has 0 fully saturated rings. The molecule has 0 aliphatic heterocycles. The molecule has 3 aromatic carbocycles. The quantitative estimate of drug-likeness (QED) is 0.276. The lowest BCUT2D eigenvalue weighted by molar-refractivity contribution is -0.136. The van der Waals surface area contributed by atoms with Gasteiger partial charge in [0.25, 0.3) is 0 Å². The number of hydrogen-bond donors (Lipinski definition) is 3. The molecule has 0 radical (unpaired) electrons. The third-order valence-corrected chi connectivity index (χ3v) is 5.73. The van der Waals surface area contributed by atoms with Gasteiger partial charge in [-0.2, -0.15) is 0 Å². The average molecular weight is 507 g/mol. The van der Waals surface area contributed by atoms with Gasteiger partial charge in [-0.25, -0.2) is 4.39 Å². The first-order valence-electron chi connectivity index (χ1n) is 11.6. The Labute approximate surface area is 212 Å². The minimum Gasteiger partial charge on any atom is -0.489 e. The van der Waals surface area contributed by atoms with Crippen molar-refractivity contribution in [3.8, 4) is 16.9 Å². The highest BCUT2D eigenvalue weighted by atomic mass is 19.1. The Bertz CT molecular complexity index is 1460. The first kappa shape index (κ1) is 25.9. The van der Waals surface area contributed by atoms with Crippen LogP contribution in [0.3, 0.4) is 0 Å². The SMILES string of the molecule is COCc1cc2cc(COc3cc(NC(C)=O)ccc3CC(=O)O)cc(-c3cccc(CN)c3F)c2o1.